The first-order valence-corrected chi connectivity index (χ1v) is 9.17. The van der Waals surface area contributed by atoms with Gasteiger partial charge in [-0.15, -0.1) is 0 Å². The molecule has 4 nitrogen and oxygen atoms in total. The number of aromatic nitrogens is 1. The molecule has 0 radical (unpaired) electrons. The van der Waals surface area contributed by atoms with Crippen LogP contribution in [0.3, 0.4) is 0 Å². The van der Waals surface area contributed by atoms with Gasteiger partial charge in [0.1, 0.15) is 0 Å². The molecule has 134 valence electrons. The number of H-pyrrole nitrogens is 1. The van der Waals surface area contributed by atoms with Crippen LogP contribution in [0.25, 0.3) is 22.0 Å². The smallest absolute Gasteiger partial charge is 0.305 e. The molecule has 1 aromatic heterocycles. The molecule has 2 aromatic carbocycles. The molecule has 4 rings (SSSR count). The Labute approximate surface area is 153 Å². The second-order valence-electron chi connectivity index (χ2n) is 6.77. The van der Waals surface area contributed by atoms with Crippen LogP contribution in [0.2, 0.25) is 0 Å². The van der Waals surface area contributed by atoms with Crippen molar-refractivity contribution in [2.45, 2.75) is 38.9 Å². The van der Waals surface area contributed by atoms with E-state index in [0.717, 1.165) is 24.1 Å². The average molecular weight is 349 g/mol. The zero-order valence-corrected chi connectivity index (χ0v) is 15.2. The SMILES string of the molecule is CCCC1(OC(C)=O)OCCc2c1[nH]c1cccc(-c3ccccc3)c21. The standard InChI is InChI=1S/C22H23NO3/c1-3-13-22(26-15(2)24)21-18(12-14-25-22)20-17(10-7-11-19(20)23-21)16-8-5-4-6-9-16/h4-11,23H,3,12-14H2,1-2H3. The number of ether oxygens (including phenoxy) is 2. The molecule has 1 unspecified atom stereocenters. The van der Waals surface area contributed by atoms with Crippen LogP contribution in [0, 0.1) is 0 Å². The summed E-state index contributed by atoms with van der Waals surface area (Å²) in [6.07, 6.45) is 2.28. The Morgan fingerprint density at radius 1 is 1.19 bits per heavy atom. The molecule has 26 heavy (non-hydrogen) atoms. The predicted molar refractivity (Wildman–Crippen MR) is 102 cm³/mol. The average Bonchev–Trinajstić information content (AvgIpc) is 3.03. The van der Waals surface area contributed by atoms with E-state index in [4.69, 9.17) is 9.47 Å². The van der Waals surface area contributed by atoms with E-state index < -0.39 is 5.79 Å². The Morgan fingerprint density at radius 2 is 2.00 bits per heavy atom. The highest BCUT2D eigenvalue weighted by molar-refractivity contribution is 5.98. The molecule has 0 amide bonds. The summed E-state index contributed by atoms with van der Waals surface area (Å²) < 4.78 is 11.8. The zero-order chi connectivity index (χ0) is 18.1. The fraction of sp³-hybridized carbons (Fsp3) is 0.318. The minimum Gasteiger partial charge on any atom is -0.427 e. The Morgan fingerprint density at radius 3 is 2.73 bits per heavy atom. The summed E-state index contributed by atoms with van der Waals surface area (Å²) in [5, 5.41) is 1.20. The van der Waals surface area contributed by atoms with Crippen LogP contribution in [0.4, 0.5) is 0 Å². The Kier molecular flexibility index (Phi) is 4.29. The van der Waals surface area contributed by atoms with Gasteiger partial charge in [0.05, 0.1) is 12.3 Å². The maximum Gasteiger partial charge on any atom is 0.305 e. The number of carbonyl (C=O) groups excluding carboxylic acids is 1. The van der Waals surface area contributed by atoms with Gasteiger partial charge in [-0.25, -0.2) is 0 Å². The summed E-state index contributed by atoms with van der Waals surface area (Å²) in [6.45, 7) is 4.05. The van der Waals surface area contributed by atoms with Crippen molar-refractivity contribution in [3.05, 3.63) is 59.8 Å². The third-order valence-electron chi connectivity index (χ3n) is 4.97. The second kappa shape index (κ2) is 6.61. The van der Waals surface area contributed by atoms with Crippen LogP contribution in [0.1, 0.15) is 37.9 Å². The topological polar surface area (TPSA) is 51.3 Å². The van der Waals surface area contributed by atoms with Gasteiger partial charge in [0.2, 0.25) is 0 Å². The van der Waals surface area contributed by atoms with Crippen molar-refractivity contribution in [1.29, 1.82) is 0 Å². The molecule has 0 spiro atoms. The molecule has 0 saturated carbocycles. The zero-order valence-electron chi connectivity index (χ0n) is 15.2. The molecule has 0 bridgehead atoms. The van der Waals surface area contributed by atoms with Crippen molar-refractivity contribution < 1.29 is 14.3 Å². The highest BCUT2D eigenvalue weighted by atomic mass is 16.7. The van der Waals surface area contributed by atoms with E-state index in [1.165, 1.54) is 29.0 Å². The van der Waals surface area contributed by atoms with Crippen LogP contribution < -0.4 is 0 Å². The van der Waals surface area contributed by atoms with Crippen LogP contribution in [-0.2, 0) is 26.5 Å². The first-order valence-electron chi connectivity index (χ1n) is 9.17. The van der Waals surface area contributed by atoms with Gasteiger partial charge >= 0.3 is 5.97 Å². The van der Waals surface area contributed by atoms with Crippen LogP contribution in [0.5, 0.6) is 0 Å². The van der Waals surface area contributed by atoms with Crippen molar-refractivity contribution in [1.82, 2.24) is 4.98 Å². The molecular weight excluding hydrogens is 326 g/mol. The molecule has 1 aliphatic rings. The number of rotatable bonds is 4. The van der Waals surface area contributed by atoms with Gasteiger partial charge in [-0.05, 0) is 35.6 Å². The number of nitrogens with one attached hydrogen (secondary N) is 1. The molecule has 4 heteroatoms. The summed E-state index contributed by atoms with van der Waals surface area (Å²) in [4.78, 5) is 15.3. The predicted octanol–water partition coefficient (Wildman–Crippen LogP) is 4.92. The third-order valence-corrected chi connectivity index (χ3v) is 4.97. The third kappa shape index (κ3) is 2.71. The molecule has 3 aromatic rings. The summed E-state index contributed by atoms with van der Waals surface area (Å²) >= 11 is 0. The van der Waals surface area contributed by atoms with E-state index >= 15 is 0 Å². The normalized spacial score (nSPS) is 19.3. The lowest BCUT2D eigenvalue weighted by molar-refractivity contribution is -0.247. The summed E-state index contributed by atoms with van der Waals surface area (Å²) in [5.74, 6) is -1.34. The van der Waals surface area contributed by atoms with Gasteiger partial charge in [0, 0.05) is 24.2 Å². The van der Waals surface area contributed by atoms with Crippen LogP contribution >= 0.6 is 0 Å². The summed E-state index contributed by atoms with van der Waals surface area (Å²) in [5.41, 5.74) is 5.50. The maximum atomic E-state index is 11.8. The second-order valence-corrected chi connectivity index (χ2v) is 6.77. The molecule has 1 N–H and O–H groups in total. The lowest BCUT2D eigenvalue weighted by Crippen LogP contribution is -2.39. The number of benzene rings is 2. The maximum absolute atomic E-state index is 11.8. The first-order chi connectivity index (χ1) is 12.6. The minimum absolute atomic E-state index is 0.326. The van der Waals surface area contributed by atoms with Crippen molar-refractivity contribution in [3.8, 4) is 11.1 Å². The molecule has 1 atom stereocenters. The van der Waals surface area contributed by atoms with Crippen LogP contribution in [0.15, 0.2) is 48.5 Å². The Balaban J connectivity index is 1.96. The molecule has 0 aliphatic carbocycles. The molecule has 1 aliphatic heterocycles. The Hall–Kier alpha value is -2.59. The highest BCUT2D eigenvalue weighted by Crippen LogP contribution is 2.43. The minimum atomic E-state index is -1.01. The Bertz CT molecular complexity index is 945. The van der Waals surface area contributed by atoms with E-state index in [2.05, 4.69) is 54.4 Å². The number of carbonyl (C=O) groups is 1. The molecule has 2 heterocycles. The number of hydrogen-bond acceptors (Lipinski definition) is 3. The summed E-state index contributed by atoms with van der Waals surface area (Å²) in [7, 11) is 0. The highest BCUT2D eigenvalue weighted by Gasteiger charge is 2.43. The summed E-state index contributed by atoms with van der Waals surface area (Å²) in [6, 6.07) is 16.7. The van der Waals surface area contributed by atoms with E-state index in [0.29, 0.717) is 13.0 Å². The van der Waals surface area contributed by atoms with Gasteiger partial charge in [-0.3, -0.25) is 4.79 Å². The molecule has 0 saturated heterocycles. The molecular formula is C22H23NO3. The quantitative estimate of drug-likeness (QED) is 0.680. The monoisotopic (exact) mass is 349 g/mol. The van der Waals surface area contributed by atoms with E-state index in [9.17, 15) is 4.79 Å². The lowest BCUT2D eigenvalue weighted by atomic mass is 9.93. The van der Waals surface area contributed by atoms with Gasteiger partial charge < -0.3 is 14.5 Å². The van der Waals surface area contributed by atoms with Gasteiger partial charge in [-0.1, -0.05) is 49.4 Å². The largest absolute Gasteiger partial charge is 0.427 e. The molecule has 0 fully saturated rings. The van der Waals surface area contributed by atoms with E-state index in [1.807, 2.05) is 6.07 Å². The van der Waals surface area contributed by atoms with E-state index in [1.54, 1.807) is 0 Å². The van der Waals surface area contributed by atoms with Crippen molar-refractivity contribution in [2.24, 2.45) is 0 Å². The first kappa shape index (κ1) is 16.9. The number of esters is 1. The van der Waals surface area contributed by atoms with Gasteiger partial charge in [-0.2, -0.15) is 0 Å². The fourth-order valence-electron chi connectivity index (χ4n) is 4.03. The van der Waals surface area contributed by atoms with E-state index in [-0.39, 0.29) is 5.97 Å². The van der Waals surface area contributed by atoms with Crippen molar-refractivity contribution >= 4 is 16.9 Å². The number of aromatic amines is 1. The van der Waals surface area contributed by atoms with Crippen molar-refractivity contribution in [2.75, 3.05) is 6.61 Å². The van der Waals surface area contributed by atoms with Crippen molar-refractivity contribution in [3.63, 3.8) is 0 Å². The lowest BCUT2D eigenvalue weighted by Gasteiger charge is -2.36. The fourth-order valence-corrected chi connectivity index (χ4v) is 4.03. The van der Waals surface area contributed by atoms with Gasteiger partial charge in [0.15, 0.2) is 0 Å². The number of fused-ring (bicyclic) bond motifs is 3. The van der Waals surface area contributed by atoms with Gasteiger partial charge in [0.25, 0.3) is 5.79 Å². The number of hydrogen-bond donors (Lipinski definition) is 1. The van der Waals surface area contributed by atoms with Crippen LogP contribution in [-0.4, -0.2) is 17.6 Å².